The van der Waals surface area contributed by atoms with Crippen molar-refractivity contribution in [2.24, 2.45) is 0 Å². The number of Topliss-reactive ketones (excluding diaryl/α,β-unsaturated/α-hetero) is 1. The van der Waals surface area contributed by atoms with Crippen molar-refractivity contribution in [3.63, 3.8) is 0 Å². The molecule has 1 atom stereocenters. The molecule has 0 spiro atoms. The molecule has 0 aliphatic carbocycles. The van der Waals surface area contributed by atoms with Crippen molar-refractivity contribution in [1.82, 2.24) is 10.3 Å². The van der Waals surface area contributed by atoms with Crippen molar-refractivity contribution in [3.05, 3.63) is 51.7 Å². The maximum atomic E-state index is 13.5. The number of nitrogens with one attached hydrogen (secondary N) is 1. The van der Waals surface area contributed by atoms with Crippen molar-refractivity contribution in [1.29, 1.82) is 5.26 Å². The number of carbonyl (C=O) groups excluding carboxylic acids is 3. The molecule has 2 rings (SSSR count). The van der Waals surface area contributed by atoms with E-state index in [9.17, 15) is 18.8 Å². The van der Waals surface area contributed by atoms with Gasteiger partial charge in [-0.1, -0.05) is 12.1 Å². The van der Waals surface area contributed by atoms with Crippen LogP contribution in [0.1, 0.15) is 27.0 Å². The maximum absolute atomic E-state index is 13.5. The third kappa shape index (κ3) is 4.94. The molecule has 1 heterocycles. The van der Waals surface area contributed by atoms with Gasteiger partial charge in [0.2, 0.25) is 0 Å². The van der Waals surface area contributed by atoms with Crippen LogP contribution in [-0.4, -0.2) is 35.8 Å². The number of ether oxygens (including phenoxy) is 1. The van der Waals surface area contributed by atoms with Crippen LogP contribution in [0.3, 0.4) is 0 Å². The minimum Gasteiger partial charge on any atom is -0.456 e. The van der Waals surface area contributed by atoms with E-state index in [4.69, 9.17) is 10.00 Å². The van der Waals surface area contributed by atoms with Crippen LogP contribution in [0.2, 0.25) is 0 Å². The van der Waals surface area contributed by atoms with E-state index in [1.54, 1.807) is 12.3 Å². The van der Waals surface area contributed by atoms with Crippen molar-refractivity contribution in [2.45, 2.75) is 12.8 Å². The topological polar surface area (TPSA) is 109 Å². The zero-order valence-electron chi connectivity index (χ0n) is 13.7. The molecule has 134 valence electrons. The number of aryl methyl sites for hydroxylation is 1. The monoisotopic (exact) mass is 375 g/mol. The number of hydrogen-bond acceptors (Lipinski definition) is 7. The molecule has 0 saturated carbocycles. The van der Waals surface area contributed by atoms with Crippen LogP contribution in [-0.2, 0) is 14.3 Å². The van der Waals surface area contributed by atoms with Gasteiger partial charge in [-0.25, -0.2) is 9.37 Å². The Bertz CT molecular complexity index is 875. The van der Waals surface area contributed by atoms with E-state index in [0.717, 1.165) is 6.07 Å². The zero-order valence-corrected chi connectivity index (χ0v) is 14.5. The number of ketones is 1. The molecule has 0 aliphatic heterocycles. The van der Waals surface area contributed by atoms with Gasteiger partial charge < -0.3 is 10.1 Å². The molecular formula is C17H14FN3O4S. The second kappa shape index (κ2) is 8.82. The van der Waals surface area contributed by atoms with Crippen molar-refractivity contribution in [3.8, 4) is 6.07 Å². The lowest BCUT2D eigenvalue weighted by Crippen LogP contribution is -2.32. The van der Waals surface area contributed by atoms with E-state index in [1.165, 1.54) is 29.5 Å². The molecular weight excluding hydrogens is 361 g/mol. The minimum atomic E-state index is -1.12. The average molecular weight is 375 g/mol. The minimum absolute atomic E-state index is 0.208. The van der Waals surface area contributed by atoms with Crippen LogP contribution in [0.4, 0.5) is 4.39 Å². The van der Waals surface area contributed by atoms with Gasteiger partial charge in [-0.15, -0.1) is 11.3 Å². The lowest BCUT2D eigenvalue weighted by Gasteiger charge is -2.08. The van der Waals surface area contributed by atoms with E-state index >= 15 is 0 Å². The highest BCUT2D eigenvalue weighted by Crippen LogP contribution is 2.20. The summed E-state index contributed by atoms with van der Waals surface area (Å²) in [4.78, 5) is 39.5. The highest BCUT2D eigenvalue weighted by Gasteiger charge is 2.24. The molecule has 0 radical (unpaired) electrons. The van der Waals surface area contributed by atoms with E-state index in [-0.39, 0.29) is 5.56 Å². The van der Waals surface area contributed by atoms with Crippen LogP contribution in [0.15, 0.2) is 29.6 Å². The molecule has 1 aromatic carbocycles. The smallest absolute Gasteiger partial charge is 0.325 e. The first-order valence-corrected chi connectivity index (χ1v) is 8.33. The summed E-state index contributed by atoms with van der Waals surface area (Å²) in [5.74, 6) is -4.11. The number of hydrogen-bond donors (Lipinski definition) is 1. The van der Waals surface area contributed by atoms with E-state index in [1.807, 2.05) is 6.07 Å². The third-order valence-electron chi connectivity index (χ3n) is 3.22. The quantitative estimate of drug-likeness (QED) is 0.738. The number of nitriles is 1. The molecule has 0 fully saturated rings. The Hall–Kier alpha value is -3.12. The van der Waals surface area contributed by atoms with Gasteiger partial charge in [-0.3, -0.25) is 14.4 Å². The molecule has 0 bridgehead atoms. The lowest BCUT2D eigenvalue weighted by molar-refractivity contribution is -0.147. The lowest BCUT2D eigenvalue weighted by atomic mass is 10.1. The summed E-state index contributed by atoms with van der Waals surface area (Å²) in [6.07, 6.45) is 0. The number of carbonyl (C=O) groups is 3. The van der Waals surface area contributed by atoms with Crippen molar-refractivity contribution < 1.29 is 23.5 Å². The first-order valence-electron chi connectivity index (χ1n) is 7.45. The van der Waals surface area contributed by atoms with Gasteiger partial charge in [0.15, 0.2) is 18.3 Å². The molecule has 7 nitrogen and oxygen atoms in total. The largest absolute Gasteiger partial charge is 0.456 e. The summed E-state index contributed by atoms with van der Waals surface area (Å²) in [5.41, 5.74) is 0.478. The Balaban J connectivity index is 1.83. The van der Waals surface area contributed by atoms with E-state index < -0.39 is 42.5 Å². The Labute approximate surface area is 152 Å². The first-order chi connectivity index (χ1) is 12.4. The summed E-state index contributed by atoms with van der Waals surface area (Å²) in [6.45, 7) is 0.580. The molecule has 9 heteroatoms. The summed E-state index contributed by atoms with van der Waals surface area (Å²) in [7, 11) is 0. The summed E-state index contributed by atoms with van der Waals surface area (Å²) in [6, 6.07) is 7.13. The van der Waals surface area contributed by atoms with Gasteiger partial charge in [0.1, 0.15) is 17.4 Å². The maximum Gasteiger partial charge on any atom is 0.325 e. The third-order valence-corrected chi connectivity index (χ3v) is 4.25. The van der Waals surface area contributed by atoms with Crippen LogP contribution in [0, 0.1) is 24.1 Å². The second-order valence-electron chi connectivity index (χ2n) is 5.18. The van der Waals surface area contributed by atoms with Crippen LogP contribution in [0.5, 0.6) is 0 Å². The van der Waals surface area contributed by atoms with Crippen LogP contribution < -0.4 is 5.32 Å². The summed E-state index contributed by atoms with van der Waals surface area (Å²) >= 11 is 1.17. The fraction of sp³-hybridized carbons (Fsp3) is 0.235. The predicted octanol–water partition coefficient (Wildman–Crippen LogP) is 1.74. The molecule has 0 unspecified atom stereocenters. The highest BCUT2D eigenvalue weighted by atomic mass is 32.1. The SMILES string of the molecule is Cc1csc([C@@H](C#N)C(=O)COC(=O)CNC(=O)c2ccccc2F)n1. The standard InChI is InChI=1S/C17H14FN3O4S/c1-10-9-26-17(21-10)12(6-19)14(22)8-25-15(23)7-20-16(24)11-4-2-3-5-13(11)18/h2-5,9,12H,7-8H2,1H3,(H,20,24)/t12-/m0/s1. The van der Waals surface area contributed by atoms with Gasteiger partial charge in [0.25, 0.3) is 5.91 Å². The average Bonchev–Trinajstić information content (AvgIpc) is 3.05. The molecule has 2 aromatic rings. The Kier molecular flexibility index (Phi) is 6.52. The van der Waals surface area contributed by atoms with E-state index in [0.29, 0.717) is 10.7 Å². The van der Waals surface area contributed by atoms with Gasteiger partial charge in [0.05, 0.1) is 11.6 Å². The number of esters is 1. The number of halogens is 1. The second-order valence-corrected chi connectivity index (χ2v) is 6.07. The van der Waals surface area contributed by atoms with E-state index in [2.05, 4.69) is 10.3 Å². The number of thiazole rings is 1. The Morgan fingerprint density at radius 3 is 2.73 bits per heavy atom. The predicted molar refractivity (Wildman–Crippen MR) is 89.9 cm³/mol. The first kappa shape index (κ1) is 19.2. The molecule has 1 amide bonds. The van der Waals surface area contributed by atoms with Gasteiger partial charge >= 0.3 is 5.97 Å². The molecule has 0 saturated heterocycles. The Morgan fingerprint density at radius 2 is 2.12 bits per heavy atom. The molecule has 26 heavy (non-hydrogen) atoms. The van der Waals surface area contributed by atoms with Gasteiger partial charge in [0, 0.05) is 11.1 Å². The van der Waals surface area contributed by atoms with Crippen molar-refractivity contribution >= 4 is 29.0 Å². The highest BCUT2D eigenvalue weighted by molar-refractivity contribution is 7.09. The summed E-state index contributed by atoms with van der Waals surface area (Å²) in [5, 5.41) is 13.4. The number of rotatable bonds is 7. The fourth-order valence-corrected chi connectivity index (χ4v) is 2.81. The zero-order chi connectivity index (χ0) is 19.1. The van der Waals surface area contributed by atoms with Crippen LogP contribution >= 0.6 is 11.3 Å². The molecule has 1 N–H and O–H groups in total. The number of amides is 1. The van der Waals surface area contributed by atoms with Crippen molar-refractivity contribution in [2.75, 3.05) is 13.2 Å². The fourth-order valence-electron chi connectivity index (χ4n) is 1.95. The number of nitrogens with zero attached hydrogens (tertiary/aromatic N) is 2. The Morgan fingerprint density at radius 1 is 1.38 bits per heavy atom. The normalized spacial score (nSPS) is 11.3. The number of aromatic nitrogens is 1. The van der Waals surface area contributed by atoms with Crippen LogP contribution in [0.25, 0.3) is 0 Å². The molecule has 1 aromatic heterocycles. The molecule has 0 aliphatic rings. The van der Waals surface area contributed by atoms with Gasteiger partial charge in [-0.2, -0.15) is 5.26 Å². The summed E-state index contributed by atoms with van der Waals surface area (Å²) < 4.78 is 18.2. The van der Waals surface area contributed by atoms with Gasteiger partial charge in [-0.05, 0) is 19.1 Å². The number of benzene rings is 1.